The van der Waals surface area contributed by atoms with Crippen LogP contribution in [0.25, 0.3) is 10.1 Å². The van der Waals surface area contributed by atoms with Crippen LogP contribution < -0.4 is 0 Å². The summed E-state index contributed by atoms with van der Waals surface area (Å²) >= 11 is 5.29. The summed E-state index contributed by atoms with van der Waals surface area (Å²) in [5, 5.41) is 1.23. The second-order valence-corrected chi connectivity index (χ2v) is 10.1. The number of hydrogen-bond donors (Lipinski definition) is 0. The highest BCUT2D eigenvalue weighted by Gasteiger charge is 2.33. The van der Waals surface area contributed by atoms with E-state index in [9.17, 15) is 4.79 Å². The molecular formula is C19H24BrNO2S. The van der Waals surface area contributed by atoms with Crippen LogP contribution in [0, 0.1) is 5.92 Å². The van der Waals surface area contributed by atoms with Crippen LogP contribution in [0.15, 0.2) is 28.1 Å². The minimum absolute atomic E-state index is 0.0964. The average Bonchev–Trinajstić information content (AvgIpc) is 2.84. The normalized spacial score (nSPS) is 22.0. The quantitative estimate of drug-likeness (QED) is 0.547. The van der Waals surface area contributed by atoms with Crippen molar-refractivity contribution in [3.63, 3.8) is 0 Å². The van der Waals surface area contributed by atoms with Crippen LogP contribution in [0.3, 0.4) is 0 Å². The van der Waals surface area contributed by atoms with Gasteiger partial charge in [-0.1, -0.05) is 13.0 Å². The predicted octanol–water partition coefficient (Wildman–Crippen LogP) is 6.37. The predicted molar refractivity (Wildman–Crippen MR) is 104 cm³/mol. The number of benzene rings is 1. The van der Waals surface area contributed by atoms with E-state index < -0.39 is 5.60 Å². The highest BCUT2D eigenvalue weighted by atomic mass is 79.9. The van der Waals surface area contributed by atoms with Gasteiger partial charge in [0.1, 0.15) is 5.60 Å². The number of likely N-dealkylation sites (tertiary alicyclic amines) is 1. The molecule has 1 aromatic heterocycles. The molecule has 1 aliphatic heterocycles. The van der Waals surface area contributed by atoms with Gasteiger partial charge in [-0.25, -0.2) is 4.79 Å². The molecule has 2 unspecified atom stereocenters. The molecule has 1 amide bonds. The number of hydrogen-bond acceptors (Lipinski definition) is 3. The molecule has 3 rings (SSSR count). The fourth-order valence-electron chi connectivity index (χ4n) is 3.26. The number of nitrogens with zero attached hydrogens (tertiary/aromatic N) is 1. The van der Waals surface area contributed by atoms with Gasteiger partial charge in [-0.3, -0.25) is 0 Å². The second kappa shape index (κ2) is 6.68. The number of amides is 1. The molecule has 0 aliphatic carbocycles. The maximum Gasteiger partial charge on any atom is 0.410 e. The van der Waals surface area contributed by atoms with Crippen molar-refractivity contribution >= 4 is 43.4 Å². The zero-order chi connectivity index (χ0) is 17.5. The standard InChI is InChI=1S/C19H24BrNO2S/c1-12-5-7-15(21(11-12)18(22)23-19(2,3)4)13-6-8-16-14(9-13)10-17(20)24-16/h6,8-10,12,15H,5,7,11H2,1-4H3. The first-order chi connectivity index (χ1) is 11.2. The number of carbonyl (C=O) groups excluding carboxylic acids is 1. The van der Waals surface area contributed by atoms with Gasteiger partial charge >= 0.3 is 6.09 Å². The molecule has 24 heavy (non-hydrogen) atoms. The second-order valence-electron chi connectivity index (χ2n) is 7.68. The van der Waals surface area contributed by atoms with Crippen LogP contribution >= 0.6 is 27.3 Å². The smallest absolute Gasteiger partial charge is 0.410 e. The largest absolute Gasteiger partial charge is 0.444 e. The monoisotopic (exact) mass is 409 g/mol. The molecule has 0 bridgehead atoms. The van der Waals surface area contributed by atoms with Crippen molar-refractivity contribution < 1.29 is 9.53 Å². The lowest BCUT2D eigenvalue weighted by Crippen LogP contribution is -2.44. The molecule has 0 radical (unpaired) electrons. The molecule has 2 atom stereocenters. The van der Waals surface area contributed by atoms with Crippen LogP contribution in [0.2, 0.25) is 0 Å². The number of thiophene rings is 1. The Morgan fingerprint density at radius 1 is 1.29 bits per heavy atom. The van der Waals surface area contributed by atoms with E-state index in [1.165, 1.54) is 15.6 Å². The average molecular weight is 410 g/mol. The topological polar surface area (TPSA) is 29.5 Å². The van der Waals surface area contributed by atoms with E-state index in [-0.39, 0.29) is 12.1 Å². The van der Waals surface area contributed by atoms with Crippen molar-refractivity contribution in [2.24, 2.45) is 5.92 Å². The summed E-state index contributed by atoms with van der Waals surface area (Å²) in [5.74, 6) is 0.507. The van der Waals surface area contributed by atoms with Crippen molar-refractivity contribution in [3.8, 4) is 0 Å². The van der Waals surface area contributed by atoms with Crippen LogP contribution in [0.5, 0.6) is 0 Å². The maximum atomic E-state index is 12.7. The molecule has 2 heterocycles. The summed E-state index contributed by atoms with van der Waals surface area (Å²) in [6.45, 7) is 8.71. The van der Waals surface area contributed by atoms with Gasteiger partial charge in [0.25, 0.3) is 0 Å². The molecule has 0 N–H and O–H groups in total. The third-order valence-corrected chi connectivity index (χ3v) is 5.96. The summed E-state index contributed by atoms with van der Waals surface area (Å²) in [5.41, 5.74) is 0.732. The van der Waals surface area contributed by atoms with Gasteiger partial charge in [-0.2, -0.15) is 0 Å². The van der Waals surface area contributed by atoms with E-state index >= 15 is 0 Å². The first kappa shape index (κ1) is 17.7. The van der Waals surface area contributed by atoms with Crippen molar-refractivity contribution in [2.75, 3.05) is 6.54 Å². The van der Waals surface area contributed by atoms with Gasteiger partial charge in [0.05, 0.1) is 9.83 Å². The third-order valence-electron chi connectivity index (χ3n) is 4.34. The van der Waals surface area contributed by atoms with E-state index in [1.54, 1.807) is 11.3 Å². The molecule has 2 aromatic rings. The Morgan fingerprint density at radius 2 is 2.04 bits per heavy atom. The molecule has 1 aromatic carbocycles. The van der Waals surface area contributed by atoms with Crippen molar-refractivity contribution in [3.05, 3.63) is 33.6 Å². The number of ether oxygens (including phenoxy) is 1. The highest BCUT2D eigenvalue weighted by molar-refractivity contribution is 9.11. The molecule has 0 saturated carbocycles. The van der Waals surface area contributed by atoms with E-state index in [4.69, 9.17) is 4.74 Å². The zero-order valence-electron chi connectivity index (χ0n) is 14.6. The molecule has 1 aliphatic rings. The minimum Gasteiger partial charge on any atom is -0.444 e. The molecule has 5 heteroatoms. The number of piperidine rings is 1. The van der Waals surface area contributed by atoms with Gasteiger partial charge < -0.3 is 9.64 Å². The van der Waals surface area contributed by atoms with Gasteiger partial charge in [0.15, 0.2) is 0 Å². The first-order valence-electron chi connectivity index (χ1n) is 8.41. The van der Waals surface area contributed by atoms with Gasteiger partial charge in [-0.15, -0.1) is 11.3 Å². The summed E-state index contributed by atoms with van der Waals surface area (Å²) < 4.78 is 8.05. The van der Waals surface area contributed by atoms with Crippen LogP contribution in [-0.2, 0) is 4.74 Å². The van der Waals surface area contributed by atoms with Crippen LogP contribution in [0.1, 0.15) is 52.1 Å². The fraction of sp³-hybridized carbons (Fsp3) is 0.526. The third kappa shape index (κ3) is 3.94. The SMILES string of the molecule is CC1CCC(c2ccc3sc(Br)cc3c2)N(C(=O)OC(C)(C)C)C1. The minimum atomic E-state index is -0.468. The molecular weight excluding hydrogens is 386 g/mol. The fourth-order valence-corrected chi connectivity index (χ4v) is 4.80. The number of carbonyl (C=O) groups is 1. The Kier molecular flexibility index (Phi) is 4.94. The zero-order valence-corrected chi connectivity index (χ0v) is 17.0. The van der Waals surface area contributed by atoms with Gasteiger partial charge in [0, 0.05) is 11.2 Å². The summed E-state index contributed by atoms with van der Waals surface area (Å²) in [6.07, 6.45) is 1.91. The Balaban J connectivity index is 1.90. The van der Waals surface area contributed by atoms with E-state index in [2.05, 4.69) is 47.1 Å². The molecule has 0 spiro atoms. The molecule has 3 nitrogen and oxygen atoms in total. The van der Waals surface area contributed by atoms with Gasteiger partial charge in [0.2, 0.25) is 0 Å². The van der Waals surface area contributed by atoms with Crippen molar-refractivity contribution in [1.29, 1.82) is 0 Å². The summed E-state index contributed by atoms with van der Waals surface area (Å²) in [4.78, 5) is 14.6. The maximum absolute atomic E-state index is 12.7. The highest BCUT2D eigenvalue weighted by Crippen LogP contribution is 2.37. The van der Waals surface area contributed by atoms with Gasteiger partial charge in [-0.05, 0) is 84.6 Å². The summed E-state index contributed by atoms with van der Waals surface area (Å²) in [7, 11) is 0. The molecule has 1 saturated heterocycles. The number of halogens is 1. The number of rotatable bonds is 1. The van der Waals surface area contributed by atoms with Crippen molar-refractivity contribution in [1.82, 2.24) is 4.90 Å². The lowest BCUT2D eigenvalue weighted by Gasteiger charge is -2.39. The molecule has 130 valence electrons. The van der Waals surface area contributed by atoms with Crippen LogP contribution in [-0.4, -0.2) is 23.1 Å². The van der Waals surface area contributed by atoms with E-state index in [1.807, 2.05) is 25.7 Å². The lowest BCUT2D eigenvalue weighted by atomic mass is 9.90. The lowest BCUT2D eigenvalue weighted by molar-refractivity contribution is 0.00365. The Labute approximate surface area is 156 Å². The Hall–Kier alpha value is -1.07. The van der Waals surface area contributed by atoms with E-state index in [0.29, 0.717) is 5.92 Å². The number of fused-ring (bicyclic) bond motifs is 1. The first-order valence-corrected chi connectivity index (χ1v) is 10.0. The Morgan fingerprint density at radius 3 is 2.75 bits per heavy atom. The van der Waals surface area contributed by atoms with E-state index in [0.717, 1.165) is 23.2 Å². The summed E-state index contributed by atoms with van der Waals surface area (Å²) in [6, 6.07) is 8.77. The molecule has 1 fully saturated rings. The van der Waals surface area contributed by atoms with Crippen molar-refractivity contribution in [2.45, 2.75) is 52.2 Å². The Bertz CT molecular complexity index is 749. The van der Waals surface area contributed by atoms with Crippen LogP contribution in [0.4, 0.5) is 4.79 Å².